The summed E-state index contributed by atoms with van der Waals surface area (Å²) in [5, 5.41) is 21.1. The lowest BCUT2D eigenvalue weighted by Crippen LogP contribution is -2.48. The Morgan fingerprint density at radius 3 is 1.85 bits per heavy atom. The number of carbonyl (C=O) groups excluding carboxylic acids is 2. The fraction of sp³-hybridized carbons (Fsp3) is 0.364. The highest BCUT2D eigenvalue weighted by molar-refractivity contribution is 5.98. The summed E-state index contributed by atoms with van der Waals surface area (Å²) in [5.74, 6) is -1.11. The molecule has 0 aliphatic carbocycles. The van der Waals surface area contributed by atoms with Gasteiger partial charge in [0.05, 0.1) is 6.10 Å². The van der Waals surface area contributed by atoms with Crippen molar-refractivity contribution in [3.05, 3.63) is 59.7 Å². The van der Waals surface area contributed by atoms with Crippen molar-refractivity contribution in [1.29, 1.82) is 0 Å². The van der Waals surface area contributed by atoms with E-state index in [1.54, 1.807) is 12.1 Å². The molecule has 3 N–H and O–H groups in total. The van der Waals surface area contributed by atoms with Gasteiger partial charge < -0.3 is 15.5 Å². The van der Waals surface area contributed by atoms with Crippen LogP contribution in [0.5, 0.6) is 0 Å². The second-order valence-electron chi connectivity index (χ2n) is 7.72. The summed E-state index contributed by atoms with van der Waals surface area (Å²) in [6.07, 6.45) is -1.09. The minimum Gasteiger partial charge on any atom is -0.391 e. The summed E-state index contributed by atoms with van der Waals surface area (Å²) < 4.78 is 0. The molecule has 1 amide bonds. The Bertz CT molecular complexity index is 787. The maximum atomic E-state index is 12.3. The molecule has 2 aromatic carbocycles. The first-order valence-corrected chi connectivity index (χ1v) is 8.97. The second kappa shape index (κ2) is 8.46. The van der Waals surface area contributed by atoms with Crippen LogP contribution in [0, 0.1) is 0 Å². The Labute approximate surface area is 160 Å². The van der Waals surface area contributed by atoms with Crippen LogP contribution in [0.15, 0.2) is 48.5 Å². The molecule has 0 aliphatic heterocycles. The van der Waals surface area contributed by atoms with Crippen LogP contribution in [0.4, 0.5) is 0 Å². The van der Waals surface area contributed by atoms with Gasteiger partial charge in [0.1, 0.15) is 12.6 Å². The van der Waals surface area contributed by atoms with Gasteiger partial charge in [-0.1, -0.05) is 57.2 Å². The van der Waals surface area contributed by atoms with Crippen molar-refractivity contribution in [1.82, 2.24) is 5.32 Å². The molecule has 0 bridgehead atoms. The fourth-order valence-electron chi connectivity index (χ4n) is 2.77. The number of amides is 1. The Balaban J connectivity index is 2.14. The maximum Gasteiger partial charge on any atom is 0.251 e. The van der Waals surface area contributed by atoms with Crippen LogP contribution in [-0.4, -0.2) is 40.7 Å². The summed E-state index contributed by atoms with van der Waals surface area (Å²) in [6, 6.07) is 14.2. The van der Waals surface area contributed by atoms with Crippen molar-refractivity contribution in [2.24, 2.45) is 0 Å². The van der Waals surface area contributed by atoms with Gasteiger partial charge in [-0.3, -0.25) is 9.59 Å². The Kier molecular flexibility index (Phi) is 6.52. The van der Waals surface area contributed by atoms with E-state index < -0.39 is 30.4 Å². The molecule has 144 valence electrons. The van der Waals surface area contributed by atoms with E-state index in [-0.39, 0.29) is 5.41 Å². The van der Waals surface area contributed by atoms with Crippen molar-refractivity contribution >= 4 is 11.7 Å². The zero-order valence-corrected chi connectivity index (χ0v) is 16.2. The number of carbonyl (C=O) groups is 2. The molecule has 2 atom stereocenters. The maximum absolute atomic E-state index is 12.3. The van der Waals surface area contributed by atoms with Gasteiger partial charge in [-0.15, -0.1) is 0 Å². The first kappa shape index (κ1) is 20.8. The summed E-state index contributed by atoms with van der Waals surface area (Å²) >= 11 is 0. The number of ketones is 1. The van der Waals surface area contributed by atoms with Crippen molar-refractivity contribution < 1.29 is 19.8 Å². The van der Waals surface area contributed by atoms with Gasteiger partial charge in [-0.2, -0.15) is 0 Å². The number of Topliss-reactive ketones (excluding diaryl/α,β-unsaturated/α-hetero) is 1. The van der Waals surface area contributed by atoms with Gasteiger partial charge in [-0.05, 0) is 41.2 Å². The van der Waals surface area contributed by atoms with E-state index in [1.165, 1.54) is 12.5 Å². The molecule has 0 saturated heterocycles. The largest absolute Gasteiger partial charge is 0.391 e. The smallest absolute Gasteiger partial charge is 0.251 e. The minimum absolute atomic E-state index is 0.0901. The molecule has 2 aromatic rings. The molecule has 27 heavy (non-hydrogen) atoms. The molecule has 0 spiro atoms. The highest BCUT2D eigenvalue weighted by Crippen LogP contribution is 2.26. The Hall–Kier alpha value is -2.50. The van der Waals surface area contributed by atoms with E-state index in [0.717, 1.165) is 11.1 Å². The summed E-state index contributed by atoms with van der Waals surface area (Å²) in [4.78, 5) is 24.0. The molecule has 0 fully saturated rings. The molecule has 0 saturated carbocycles. The van der Waals surface area contributed by atoms with Crippen LogP contribution in [0.3, 0.4) is 0 Å². The predicted octanol–water partition coefficient (Wildman–Crippen LogP) is 2.69. The van der Waals surface area contributed by atoms with Gasteiger partial charge in [0, 0.05) is 5.56 Å². The third-order valence-corrected chi connectivity index (χ3v) is 4.50. The number of rotatable bonds is 6. The minimum atomic E-state index is -1.13. The van der Waals surface area contributed by atoms with Crippen LogP contribution < -0.4 is 5.32 Å². The second-order valence-corrected chi connectivity index (χ2v) is 7.72. The molecule has 0 aromatic heterocycles. The van der Waals surface area contributed by atoms with E-state index in [4.69, 9.17) is 5.11 Å². The average Bonchev–Trinajstić information content (AvgIpc) is 2.64. The van der Waals surface area contributed by atoms with E-state index in [1.807, 2.05) is 12.1 Å². The number of hydrogen-bond donors (Lipinski definition) is 3. The van der Waals surface area contributed by atoms with Crippen LogP contribution in [-0.2, 0) is 10.2 Å². The standard InChI is InChI=1S/C22H27NO4/c1-14(25)20(19(26)13-24)23-21(27)17-7-5-15(6-8-17)16-9-11-18(12-10-16)22(2,3)4/h5-12,14,20,24-25H,13H2,1-4H3,(H,23,27)/t14-,20+/m1/s1. The number of benzene rings is 2. The predicted molar refractivity (Wildman–Crippen MR) is 106 cm³/mol. The van der Waals surface area contributed by atoms with Crippen LogP contribution in [0.25, 0.3) is 11.1 Å². The molecule has 2 rings (SSSR count). The van der Waals surface area contributed by atoms with E-state index in [2.05, 4.69) is 50.4 Å². The molecule has 0 heterocycles. The summed E-state index contributed by atoms with van der Waals surface area (Å²) in [7, 11) is 0. The quantitative estimate of drug-likeness (QED) is 0.731. The van der Waals surface area contributed by atoms with E-state index in [0.29, 0.717) is 5.56 Å². The molecule has 5 heteroatoms. The summed E-state index contributed by atoms with van der Waals surface area (Å²) in [5.41, 5.74) is 3.74. The zero-order chi connectivity index (χ0) is 20.2. The van der Waals surface area contributed by atoms with Crippen molar-refractivity contribution in [3.8, 4) is 11.1 Å². The lowest BCUT2D eigenvalue weighted by atomic mass is 9.86. The molecular weight excluding hydrogens is 342 g/mol. The van der Waals surface area contributed by atoms with Gasteiger partial charge >= 0.3 is 0 Å². The first-order chi connectivity index (χ1) is 12.6. The van der Waals surface area contributed by atoms with E-state index >= 15 is 0 Å². The number of nitrogens with one attached hydrogen (secondary N) is 1. The monoisotopic (exact) mass is 369 g/mol. The molecule has 5 nitrogen and oxygen atoms in total. The van der Waals surface area contributed by atoms with Crippen molar-refractivity contribution in [2.75, 3.05) is 6.61 Å². The normalized spacial score (nSPS) is 13.7. The Morgan fingerprint density at radius 2 is 1.44 bits per heavy atom. The highest BCUT2D eigenvalue weighted by atomic mass is 16.3. The fourth-order valence-corrected chi connectivity index (χ4v) is 2.77. The lowest BCUT2D eigenvalue weighted by Gasteiger charge is -2.19. The average molecular weight is 369 g/mol. The van der Waals surface area contributed by atoms with Crippen LogP contribution >= 0.6 is 0 Å². The third kappa shape index (κ3) is 5.25. The summed E-state index contributed by atoms with van der Waals surface area (Å²) in [6.45, 7) is 7.15. The first-order valence-electron chi connectivity index (χ1n) is 8.97. The molecular formula is C22H27NO4. The topological polar surface area (TPSA) is 86.6 Å². The Morgan fingerprint density at radius 1 is 0.963 bits per heavy atom. The third-order valence-electron chi connectivity index (χ3n) is 4.50. The number of aliphatic hydroxyl groups is 2. The van der Waals surface area contributed by atoms with Crippen molar-refractivity contribution in [2.45, 2.75) is 45.3 Å². The van der Waals surface area contributed by atoms with Gasteiger partial charge in [0.2, 0.25) is 0 Å². The van der Waals surface area contributed by atoms with Crippen LogP contribution in [0.1, 0.15) is 43.6 Å². The number of hydrogen-bond acceptors (Lipinski definition) is 4. The van der Waals surface area contributed by atoms with Crippen molar-refractivity contribution in [3.63, 3.8) is 0 Å². The zero-order valence-electron chi connectivity index (χ0n) is 16.2. The molecule has 0 aliphatic rings. The highest BCUT2D eigenvalue weighted by Gasteiger charge is 2.25. The van der Waals surface area contributed by atoms with Crippen LogP contribution in [0.2, 0.25) is 0 Å². The van der Waals surface area contributed by atoms with Gasteiger partial charge in [0.25, 0.3) is 5.91 Å². The lowest BCUT2D eigenvalue weighted by molar-refractivity contribution is -0.125. The number of aliphatic hydroxyl groups excluding tert-OH is 2. The molecule has 0 unspecified atom stereocenters. The SMILES string of the molecule is C[C@@H](O)[C@H](NC(=O)c1ccc(-c2ccc(C(C)(C)C)cc2)cc1)C(=O)CO. The van der Waals surface area contributed by atoms with Gasteiger partial charge in [0.15, 0.2) is 5.78 Å². The van der Waals surface area contributed by atoms with E-state index in [9.17, 15) is 14.7 Å². The molecule has 0 radical (unpaired) electrons. The van der Waals surface area contributed by atoms with Gasteiger partial charge in [-0.25, -0.2) is 0 Å².